The Balaban J connectivity index is 4.99. The highest BCUT2D eigenvalue weighted by Crippen LogP contribution is 2.17. The van der Waals surface area contributed by atoms with Crippen molar-refractivity contribution in [1.29, 1.82) is 0 Å². The average molecular weight is 300 g/mol. The normalized spacial score (nSPS) is 12.6. The first-order chi connectivity index (χ1) is 9.67. The number of carboxylic acid groups (broad SMARTS) is 2. The molecule has 21 heavy (non-hydrogen) atoms. The van der Waals surface area contributed by atoms with Crippen molar-refractivity contribution in [2.24, 2.45) is 5.92 Å². The van der Waals surface area contributed by atoms with Gasteiger partial charge in [-0.1, -0.05) is 13.2 Å². The van der Waals surface area contributed by atoms with Gasteiger partial charge in [-0.2, -0.15) is 0 Å². The smallest absolute Gasteiger partial charge is 0.336 e. The van der Waals surface area contributed by atoms with Crippen LogP contribution in [0.25, 0.3) is 0 Å². The Labute approximate surface area is 120 Å². The molecule has 0 aromatic carbocycles. The van der Waals surface area contributed by atoms with E-state index in [1.165, 1.54) is 6.92 Å². The van der Waals surface area contributed by atoms with Gasteiger partial charge in [0, 0.05) is 18.1 Å². The van der Waals surface area contributed by atoms with E-state index < -0.39 is 48.9 Å². The fourth-order valence-electron chi connectivity index (χ4n) is 1.23. The average Bonchev–Trinajstić information content (AvgIpc) is 2.36. The third-order valence-electron chi connectivity index (χ3n) is 2.25. The van der Waals surface area contributed by atoms with E-state index in [9.17, 15) is 19.2 Å². The minimum Gasteiger partial charge on any atom is -0.481 e. The van der Waals surface area contributed by atoms with Crippen LogP contribution in [0.2, 0.25) is 0 Å². The minimum absolute atomic E-state index is 0.0137. The predicted molar refractivity (Wildman–Crippen MR) is 69.0 cm³/mol. The van der Waals surface area contributed by atoms with E-state index in [0.29, 0.717) is 0 Å². The number of hydrogen-bond acceptors (Lipinski definition) is 6. The lowest BCUT2D eigenvalue weighted by atomic mass is 10.0. The summed E-state index contributed by atoms with van der Waals surface area (Å²) in [5, 5.41) is 17.6. The van der Waals surface area contributed by atoms with Crippen molar-refractivity contribution in [1.82, 2.24) is 0 Å². The van der Waals surface area contributed by atoms with E-state index in [0.717, 1.165) is 6.08 Å². The SMILES string of the molecule is C=CC(=O)OC(CC(CC(=O)O)C(=O)O)OC(=O)C(=C)C. The second kappa shape index (κ2) is 8.51. The maximum atomic E-state index is 11.4. The molecule has 8 nitrogen and oxygen atoms in total. The summed E-state index contributed by atoms with van der Waals surface area (Å²) in [5.74, 6) is -5.97. The van der Waals surface area contributed by atoms with Crippen LogP contribution in [0.15, 0.2) is 24.8 Å². The second-order valence-electron chi connectivity index (χ2n) is 4.12. The van der Waals surface area contributed by atoms with Gasteiger partial charge in [0.25, 0.3) is 0 Å². The minimum atomic E-state index is -1.54. The summed E-state index contributed by atoms with van der Waals surface area (Å²) in [4.78, 5) is 44.1. The molecular formula is C13H16O8. The second-order valence-corrected chi connectivity index (χ2v) is 4.12. The van der Waals surface area contributed by atoms with Crippen LogP contribution in [0.3, 0.4) is 0 Å². The van der Waals surface area contributed by atoms with Gasteiger partial charge in [0.15, 0.2) is 0 Å². The number of rotatable bonds is 9. The Morgan fingerprint density at radius 1 is 1.19 bits per heavy atom. The monoisotopic (exact) mass is 300 g/mol. The molecule has 0 aliphatic heterocycles. The van der Waals surface area contributed by atoms with Crippen molar-refractivity contribution in [3.63, 3.8) is 0 Å². The molecule has 0 saturated heterocycles. The fourth-order valence-corrected chi connectivity index (χ4v) is 1.23. The van der Waals surface area contributed by atoms with Crippen molar-refractivity contribution in [2.75, 3.05) is 0 Å². The molecule has 0 spiro atoms. The highest BCUT2D eigenvalue weighted by molar-refractivity contribution is 5.87. The number of aliphatic carboxylic acids is 2. The molecule has 0 aromatic heterocycles. The number of esters is 2. The molecule has 0 radical (unpaired) electrons. The Kier molecular flexibility index (Phi) is 7.44. The first-order valence-corrected chi connectivity index (χ1v) is 5.81. The maximum Gasteiger partial charge on any atom is 0.336 e. The lowest BCUT2D eigenvalue weighted by Gasteiger charge is -2.20. The highest BCUT2D eigenvalue weighted by Gasteiger charge is 2.29. The van der Waals surface area contributed by atoms with Gasteiger partial charge in [-0.05, 0) is 6.92 Å². The predicted octanol–water partition coefficient (Wildman–Crippen LogP) is 0.727. The number of ether oxygens (including phenoxy) is 2. The van der Waals surface area contributed by atoms with Gasteiger partial charge in [-0.3, -0.25) is 9.59 Å². The molecular weight excluding hydrogens is 284 g/mol. The molecule has 2 atom stereocenters. The van der Waals surface area contributed by atoms with Gasteiger partial charge < -0.3 is 19.7 Å². The van der Waals surface area contributed by atoms with Crippen LogP contribution in [-0.4, -0.2) is 40.4 Å². The molecule has 0 fully saturated rings. The molecule has 0 saturated carbocycles. The lowest BCUT2D eigenvalue weighted by molar-refractivity contribution is -0.186. The van der Waals surface area contributed by atoms with Gasteiger partial charge >= 0.3 is 23.9 Å². The molecule has 0 heterocycles. The summed E-state index contributed by atoms with van der Waals surface area (Å²) in [6.45, 7) is 7.82. The van der Waals surface area contributed by atoms with Crippen LogP contribution >= 0.6 is 0 Å². The lowest BCUT2D eigenvalue weighted by Crippen LogP contribution is -2.30. The van der Waals surface area contributed by atoms with E-state index in [-0.39, 0.29) is 5.57 Å². The molecule has 2 unspecified atom stereocenters. The van der Waals surface area contributed by atoms with E-state index in [1.54, 1.807) is 0 Å². The van der Waals surface area contributed by atoms with Crippen LogP contribution in [0.4, 0.5) is 0 Å². The van der Waals surface area contributed by atoms with Gasteiger partial charge in [-0.25, -0.2) is 9.59 Å². The van der Waals surface area contributed by atoms with E-state index in [4.69, 9.17) is 14.9 Å². The Hall–Kier alpha value is -2.64. The molecule has 0 rings (SSSR count). The zero-order chi connectivity index (χ0) is 16.6. The fraction of sp³-hybridized carbons (Fsp3) is 0.385. The quantitative estimate of drug-likeness (QED) is 0.362. The largest absolute Gasteiger partial charge is 0.481 e. The van der Waals surface area contributed by atoms with Gasteiger partial charge in [0.1, 0.15) is 0 Å². The molecule has 116 valence electrons. The van der Waals surface area contributed by atoms with Gasteiger partial charge in [0.05, 0.1) is 12.3 Å². The first-order valence-electron chi connectivity index (χ1n) is 5.81. The van der Waals surface area contributed by atoms with Crippen molar-refractivity contribution < 1.29 is 38.9 Å². The van der Waals surface area contributed by atoms with E-state index in [2.05, 4.69) is 17.9 Å². The van der Waals surface area contributed by atoms with E-state index >= 15 is 0 Å². The summed E-state index contributed by atoms with van der Waals surface area (Å²) in [6, 6.07) is 0. The number of carboxylic acids is 2. The van der Waals surface area contributed by atoms with Crippen LogP contribution in [-0.2, 0) is 28.7 Å². The summed E-state index contributed by atoms with van der Waals surface area (Å²) < 4.78 is 9.45. The topological polar surface area (TPSA) is 127 Å². The molecule has 0 aliphatic carbocycles. The zero-order valence-corrected chi connectivity index (χ0v) is 11.4. The van der Waals surface area contributed by atoms with Crippen molar-refractivity contribution in [2.45, 2.75) is 26.1 Å². The molecule has 8 heteroatoms. The molecule has 0 amide bonds. The summed E-state index contributed by atoms with van der Waals surface area (Å²) >= 11 is 0. The summed E-state index contributed by atoms with van der Waals surface area (Å²) in [5.41, 5.74) is 0.0137. The number of carbonyl (C=O) groups is 4. The molecule has 0 aromatic rings. The van der Waals surface area contributed by atoms with Crippen LogP contribution < -0.4 is 0 Å². The van der Waals surface area contributed by atoms with Crippen LogP contribution in [0.1, 0.15) is 19.8 Å². The molecule has 0 aliphatic rings. The third-order valence-corrected chi connectivity index (χ3v) is 2.25. The third kappa shape index (κ3) is 7.51. The van der Waals surface area contributed by atoms with Crippen molar-refractivity contribution in [3.8, 4) is 0 Å². The van der Waals surface area contributed by atoms with Crippen LogP contribution in [0.5, 0.6) is 0 Å². The summed E-state index contributed by atoms with van der Waals surface area (Å²) in [6.07, 6.45) is -1.95. The highest BCUT2D eigenvalue weighted by atomic mass is 16.7. The van der Waals surface area contributed by atoms with Crippen molar-refractivity contribution >= 4 is 23.9 Å². The number of carbonyl (C=O) groups excluding carboxylic acids is 2. The maximum absolute atomic E-state index is 11.4. The molecule has 2 N–H and O–H groups in total. The Morgan fingerprint density at radius 2 is 1.76 bits per heavy atom. The van der Waals surface area contributed by atoms with Gasteiger partial charge in [-0.15, -0.1) is 0 Å². The Morgan fingerprint density at radius 3 is 2.14 bits per heavy atom. The zero-order valence-electron chi connectivity index (χ0n) is 11.4. The molecule has 0 bridgehead atoms. The standard InChI is InChI=1S/C13H16O8/c1-4-10(16)20-11(21-13(19)7(2)3)6-8(12(17)18)5-9(14)15/h4,8,11H,1-2,5-6H2,3H3,(H,14,15)(H,17,18). The summed E-state index contributed by atoms with van der Waals surface area (Å²) in [7, 11) is 0. The van der Waals surface area contributed by atoms with E-state index in [1.807, 2.05) is 0 Å². The first kappa shape index (κ1) is 18.4. The van der Waals surface area contributed by atoms with Crippen molar-refractivity contribution in [3.05, 3.63) is 24.8 Å². The van der Waals surface area contributed by atoms with Gasteiger partial charge in [0.2, 0.25) is 6.29 Å². The Bertz CT molecular complexity index is 465. The van der Waals surface area contributed by atoms with Crippen LogP contribution in [0, 0.1) is 5.92 Å². The number of hydrogen-bond donors (Lipinski definition) is 2.